The Balaban J connectivity index is 1.94. The zero-order chi connectivity index (χ0) is 13.8. The van der Waals surface area contributed by atoms with Crippen LogP contribution in [0.3, 0.4) is 0 Å². The number of hydrogen-bond acceptors (Lipinski definition) is 4. The summed E-state index contributed by atoms with van der Waals surface area (Å²) in [6.07, 6.45) is 3.05. The monoisotopic (exact) mass is 283 g/mol. The first-order valence-corrected chi connectivity index (χ1v) is 7.10. The third-order valence-electron chi connectivity index (χ3n) is 3.31. The van der Waals surface area contributed by atoms with Gasteiger partial charge in [0, 0.05) is 17.6 Å². The number of nitrogens with zero attached hydrogens (tertiary/aromatic N) is 2. The number of thiazole rings is 1. The van der Waals surface area contributed by atoms with Gasteiger partial charge in [0.1, 0.15) is 6.04 Å². The van der Waals surface area contributed by atoms with Gasteiger partial charge in [-0.2, -0.15) is 0 Å². The van der Waals surface area contributed by atoms with Gasteiger partial charge in [-0.3, -0.25) is 4.98 Å². The van der Waals surface area contributed by atoms with Crippen molar-refractivity contribution in [1.82, 2.24) is 15.2 Å². The van der Waals surface area contributed by atoms with Crippen LogP contribution in [0.4, 0.5) is 4.79 Å². The Morgan fingerprint density at radius 2 is 2.42 bits per heavy atom. The highest BCUT2D eigenvalue weighted by atomic mass is 32.1. The molecule has 1 aromatic heterocycles. The van der Waals surface area contributed by atoms with Gasteiger partial charge in [-0.1, -0.05) is 6.92 Å². The van der Waals surface area contributed by atoms with Gasteiger partial charge in [0.25, 0.3) is 0 Å². The second kappa shape index (κ2) is 6.01. The van der Waals surface area contributed by atoms with E-state index in [1.807, 2.05) is 6.92 Å². The molecule has 0 saturated carbocycles. The Kier molecular flexibility index (Phi) is 4.36. The van der Waals surface area contributed by atoms with Crippen LogP contribution in [0.5, 0.6) is 0 Å². The number of nitrogens with one attached hydrogen (secondary N) is 1. The first-order chi connectivity index (χ1) is 9.08. The number of piperidine rings is 1. The summed E-state index contributed by atoms with van der Waals surface area (Å²) in [5.41, 5.74) is 1.70. The van der Waals surface area contributed by atoms with Crippen LogP contribution in [-0.4, -0.2) is 39.6 Å². The molecule has 19 heavy (non-hydrogen) atoms. The SMILES string of the molecule is CC1CCN(C(=O)NCc2cncs2)C(C(=O)O)C1. The molecule has 1 saturated heterocycles. The molecule has 0 aliphatic carbocycles. The van der Waals surface area contributed by atoms with Gasteiger partial charge in [-0.25, -0.2) is 9.59 Å². The summed E-state index contributed by atoms with van der Waals surface area (Å²) in [7, 11) is 0. The van der Waals surface area contributed by atoms with Gasteiger partial charge < -0.3 is 15.3 Å². The van der Waals surface area contributed by atoms with E-state index in [2.05, 4.69) is 10.3 Å². The van der Waals surface area contributed by atoms with Crippen LogP contribution in [0.1, 0.15) is 24.6 Å². The number of carbonyl (C=O) groups excluding carboxylic acids is 1. The van der Waals surface area contributed by atoms with Crippen LogP contribution >= 0.6 is 11.3 Å². The van der Waals surface area contributed by atoms with Crippen LogP contribution in [0.25, 0.3) is 0 Å². The third-order valence-corrected chi connectivity index (χ3v) is 4.09. The van der Waals surface area contributed by atoms with E-state index < -0.39 is 12.0 Å². The van der Waals surface area contributed by atoms with Gasteiger partial charge in [0.15, 0.2) is 0 Å². The van der Waals surface area contributed by atoms with E-state index in [-0.39, 0.29) is 6.03 Å². The molecule has 2 amide bonds. The van der Waals surface area contributed by atoms with E-state index in [4.69, 9.17) is 0 Å². The third kappa shape index (κ3) is 3.44. The standard InChI is InChI=1S/C12H17N3O3S/c1-8-2-3-15(10(4-8)11(16)17)12(18)14-6-9-5-13-7-19-9/h5,7-8,10H,2-4,6H2,1H3,(H,14,18)(H,16,17). The molecular weight excluding hydrogens is 266 g/mol. The van der Waals surface area contributed by atoms with Crippen molar-refractivity contribution < 1.29 is 14.7 Å². The van der Waals surface area contributed by atoms with Crippen LogP contribution < -0.4 is 5.32 Å². The van der Waals surface area contributed by atoms with Gasteiger partial charge >= 0.3 is 12.0 Å². The number of carbonyl (C=O) groups is 2. The second-order valence-corrected chi connectivity index (χ2v) is 5.77. The molecule has 7 heteroatoms. The number of rotatable bonds is 3. The molecule has 1 fully saturated rings. The zero-order valence-corrected chi connectivity index (χ0v) is 11.5. The maximum atomic E-state index is 12.1. The minimum atomic E-state index is -0.931. The van der Waals surface area contributed by atoms with Crippen molar-refractivity contribution >= 4 is 23.3 Å². The Morgan fingerprint density at radius 1 is 1.63 bits per heavy atom. The normalized spacial score (nSPS) is 23.1. The second-order valence-electron chi connectivity index (χ2n) is 4.80. The van der Waals surface area contributed by atoms with Gasteiger partial charge in [0.2, 0.25) is 0 Å². The number of urea groups is 1. The Bertz CT molecular complexity index is 449. The average molecular weight is 283 g/mol. The van der Waals surface area contributed by atoms with Crippen LogP contribution in [0.15, 0.2) is 11.7 Å². The molecule has 1 aliphatic heterocycles. The molecule has 1 aromatic rings. The Hall–Kier alpha value is -1.63. The first-order valence-electron chi connectivity index (χ1n) is 6.22. The Labute approximate surface area is 115 Å². The fourth-order valence-corrected chi connectivity index (χ4v) is 2.75. The lowest BCUT2D eigenvalue weighted by Gasteiger charge is -2.35. The number of likely N-dealkylation sites (tertiary alicyclic amines) is 1. The molecule has 6 nitrogen and oxygen atoms in total. The number of amides is 2. The fraction of sp³-hybridized carbons (Fsp3) is 0.583. The molecule has 2 rings (SSSR count). The van der Waals surface area contributed by atoms with Crippen molar-refractivity contribution in [1.29, 1.82) is 0 Å². The van der Waals surface area contributed by atoms with Crippen molar-refractivity contribution in [3.63, 3.8) is 0 Å². The number of carboxylic acid groups (broad SMARTS) is 1. The number of aliphatic carboxylic acids is 1. The van der Waals surface area contributed by atoms with Crippen LogP contribution in [-0.2, 0) is 11.3 Å². The first kappa shape index (κ1) is 13.8. The molecule has 0 spiro atoms. The Morgan fingerprint density at radius 3 is 3.05 bits per heavy atom. The van der Waals surface area contributed by atoms with E-state index in [1.54, 1.807) is 11.7 Å². The van der Waals surface area contributed by atoms with Gasteiger partial charge in [-0.05, 0) is 18.8 Å². The molecule has 2 heterocycles. The number of hydrogen-bond donors (Lipinski definition) is 2. The van der Waals surface area contributed by atoms with Crippen molar-refractivity contribution in [3.05, 3.63) is 16.6 Å². The topological polar surface area (TPSA) is 82.5 Å². The quantitative estimate of drug-likeness (QED) is 0.881. The van der Waals surface area contributed by atoms with Crippen molar-refractivity contribution in [2.24, 2.45) is 5.92 Å². The van der Waals surface area contributed by atoms with E-state index in [1.165, 1.54) is 16.2 Å². The predicted octanol–water partition coefficient (Wildman–Crippen LogP) is 1.54. The lowest BCUT2D eigenvalue weighted by Crippen LogP contribution is -2.53. The molecular formula is C12H17N3O3S. The molecule has 0 radical (unpaired) electrons. The molecule has 1 aliphatic rings. The minimum absolute atomic E-state index is 0.312. The van der Waals surface area contributed by atoms with Gasteiger partial charge in [0.05, 0.1) is 12.1 Å². The molecule has 0 aromatic carbocycles. The van der Waals surface area contributed by atoms with E-state index >= 15 is 0 Å². The van der Waals surface area contributed by atoms with E-state index in [9.17, 15) is 14.7 Å². The lowest BCUT2D eigenvalue weighted by atomic mass is 9.93. The highest BCUT2D eigenvalue weighted by Crippen LogP contribution is 2.22. The summed E-state index contributed by atoms with van der Waals surface area (Å²) in [5.74, 6) is -0.592. The van der Waals surface area contributed by atoms with Gasteiger partial charge in [-0.15, -0.1) is 11.3 Å². The molecule has 2 atom stereocenters. The number of aromatic nitrogens is 1. The minimum Gasteiger partial charge on any atom is -0.480 e. The summed E-state index contributed by atoms with van der Waals surface area (Å²) < 4.78 is 0. The summed E-state index contributed by atoms with van der Waals surface area (Å²) in [6, 6.07) is -1.03. The largest absolute Gasteiger partial charge is 0.480 e. The maximum absolute atomic E-state index is 12.1. The van der Waals surface area contributed by atoms with Crippen LogP contribution in [0.2, 0.25) is 0 Å². The van der Waals surface area contributed by atoms with Crippen molar-refractivity contribution in [2.75, 3.05) is 6.54 Å². The maximum Gasteiger partial charge on any atom is 0.326 e. The predicted molar refractivity (Wildman–Crippen MR) is 70.9 cm³/mol. The molecule has 104 valence electrons. The van der Waals surface area contributed by atoms with Crippen molar-refractivity contribution in [2.45, 2.75) is 32.4 Å². The molecule has 2 unspecified atom stereocenters. The average Bonchev–Trinajstić information content (AvgIpc) is 2.88. The summed E-state index contributed by atoms with van der Waals surface area (Å²) in [6.45, 7) is 2.90. The zero-order valence-electron chi connectivity index (χ0n) is 10.7. The summed E-state index contributed by atoms with van der Waals surface area (Å²) in [5, 5.41) is 11.9. The number of carboxylic acids is 1. The van der Waals surface area contributed by atoms with Crippen molar-refractivity contribution in [3.8, 4) is 0 Å². The lowest BCUT2D eigenvalue weighted by molar-refractivity contribution is -0.143. The van der Waals surface area contributed by atoms with Crippen LogP contribution in [0, 0.1) is 5.92 Å². The highest BCUT2D eigenvalue weighted by Gasteiger charge is 2.34. The molecule has 2 N–H and O–H groups in total. The summed E-state index contributed by atoms with van der Waals surface area (Å²) >= 11 is 1.46. The van der Waals surface area contributed by atoms with E-state index in [0.29, 0.717) is 25.4 Å². The smallest absolute Gasteiger partial charge is 0.326 e. The molecule has 0 bridgehead atoms. The summed E-state index contributed by atoms with van der Waals surface area (Å²) in [4.78, 5) is 29.6. The highest BCUT2D eigenvalue weighted by molar-refractivity contribution is 7.09. The fourth-order valence-electron chi connectivity index (χ4n) is 2.21. The van der Waals surface area contributed by atoms with E-state index in [0.717, 1.165) is 11.3 Å².